The molecule has 0 saturated carbocycles. The minimum absolute atomic E-state index is 0.119. The fraction of sp³-hybridized carbons (Fsp3) is 0.316. The number of esters is 1. The number of carbonyl (C=O) groups excluding carboxylic acids is 1. The summed E-state index contributed by atoms with van der Waals surface area (Å²) in [6.07, 6.45) is 3.14. The Kier molecular flexibility index (Phi) is 5.28. The molecule has 0 bridgehead atoms. The van der Waals surface area contributed by atoms with E-state index in [-0.39, 0.29) is 12.1 Å². The summed E-state index contributed by atoms with van der Waals surface area (Å²) >= 11 is 1.43. The number of aromatic nitrogens is 2. The number of hydrogen-bond donors (Lipinski definition) is 0. The number of carbonyl (C=O) groups is 1. The van der Waals surface area contributed by atoms with E-state index >= 15 is 0 Å². The molecule has 3 aromatic rings. The normalized spacial score (nSPS) is 11.0. The average molecular weight is 356 g/mol. The summed E-state index contributed by atoms with van der Waals surface area (Å²) in [7, 11) is 0. The highest BCUT2D eigenvalue weighted by molar-refractivity contribution is 7.17. The summed E-state index contributed by atoms with van der Waals surface area (Å²) in [5.74, 6) is -0.422. The third-order valence-electron chi connectivity index (χ3n) is 4.00. The van der Waals surface area contributed by atoms with E-state index in [9.17, 15) is 9.59 Å². The number of aryl methyl sites for hydroxylation is 1. The standard InChI is InChI=1S/C19H20N2O3S/c1-3-9-24-16(22)10-21-12-20-18-17(19(21)23)15(11-25-18)14-7-5-13(4-2)6-8-14/h5-8,11-12H,3-4,9-10H2,1-2H3. The molecule has 0 amide bonds. The van der Waals surface area contributed by atoms with Gasteiger partial charge in [-0.1, -0.05) is 38.1 Å². The SMILES string of the molecule is CCCOC(=O)Cn1cnc2scc(-c3ccc(CC)cc3)c2c1=O. The summed E-state index contributed by atoms with van der Waals surface area (Å²) < 4.78 is 6.38. The second kappa shape index (κ2) is 7.61. The highest BCUT2D eigenvalue weighted by Crippen LogP contribution is 2.30. The first kappa shape index (κ1) is 17.4. The number of fused-ring (bicyclic) bond motifs is 1. The molecule has 25 heavy (non-hydrogen) atoms. The Morgan fingerprint density at radius 2 is 2.00 bits per heavy atom. The van der Waals surface area contributed by atoms with Gasteiger partial charge in [-0.2, -0.15) is 0 Å². The highest BCUT2D eigenvalue weighted by Gasteiger charge is 2.15. The van der Waals surface area contributed by atoms with E-state index < -0.39 is 5.97 Å². The lowest BCUT2D eigenvalue weighted by atomic mass is 10.0. The molecule has 0 radical (unpaired) electrons. The van der Waals surface area contributed by atoms with Crippen molar-refractivity contribution in [1.29, 1.82) is 0 Å². The van der Waals surface area contributed by atoms with Crippen LogP contribution in [0.25, 0.3) is 21.3 Å². The molecule has 0 spiro atoms. The van der Waals surface area contributed by atoms with Gasteiger partial charge in [0.05, 0.1) is 18.3 Å². The van der Waals surface area contributed by atoms with Crippen LogP contribution in [0.15, 0.2) is 40.8 Å². The van der Waals surface area contributed by atoms with Crippen molar-refractivity contribution >= 4 is 27.5 Å². The van der Waals surface area contributed by atoms with Crippen LogP contribution in [-0.4, -0.2) is 22.1 Å². The highest BCUT2D eigenvalue weighted by atomic mass is 32.1. The molecule has 0 N–H and O–H groups in total. The van der Waals surface area contributed by atoms with E-state index in [1.165, 1.54) is 27.8 Å². The maximum atomic E-state index is 12.8. The second-order valence-corrected chi connectivity index (χ2v) is 6.64. The maximum Gasteiger partial charge on any atom is 0.326 e. The van der Waals surface area contributed by atoms with Crippen molar-refractivity contribution in [3.8, 4) is 11.1 Å². The molecular formula is C19H20N2O3S. The van der Waals surface area contributed by atoms with Crippen LogP contribution in [0.4, 0.5) is 0 Å². The summed E-state index contributed by atoms with van der Waals surface area (Å²) in [6.45, 7) is 4.27. The van der Waals surface area contributed by atoms with Gasteiger partial charge in [0.25, 0.3) is 5.56 Å². The van der Waals surface area contributed by atoms with Crippen molar-refractivity contribution < 1.29 is 9.53 Å². The van der Waals surface area contributed by atoms with Gasteiger partial charge in [-0.15, -0.1) is 11.3 Å². The molecule has 0 aliphatic rings. The summed E-state index contributed by atoms with van der Waals surface area (Å²) in [5, 5.41) is 2.50. The van der Waals surface area contributed by atoms with E-state index in [0.717, 1.165) is 24.0 Å². The summed E-state index contributed by atoms with van der Waals surface area (Å²) in [4.78, 5) is 29.7. The van der Waals surface area contributed by atoms with Crippen molar-refractivity contribution in [2.75, 3.05) is 6.61 Å². The zero-order valence-electron chi connectivity index (χ0n) is 14.3. The van der Waals surface area contributed by atoms with Gasteiger partial charge in [-0.3, -0.25) is 14.2 Å². The Morgan fingerprint density at radius 3 is 2.68 bits per heavy atom. The quantitative estimate of drug-likeness (QED) is 0.633. The zero-order valence-corrected chi connectivity index (χ0v) is 15.1. The molecule has 3 rings (SSSR count). The molecule has 0 atom stereocenters. The number of rotatable bonds is 6. The molecule has 0 aliphatic carbocycles. The molecule has 0 saturated heterocycles. The van der Waals surface area contributed by atoms with Crippen LogP contribution >= 0.6 is 11.3 Å². The molecule has 2 heterocycles. The third-order valence-corrected chi connectivity index (χ3v) is 4.89. The zero-order chi connectivity index (χ0) is 17.8. The van der Waals surface area contributed by atoms with Gasteiger partial charge < -0.3 is 4.74 Å². The monoisotopic (exact) mass is 356 g/mol. The number of ether oxygens (including phenoxy) is 1. The number of thiophene rings is 1. The third kappa shape index (κ3) is 3.64. The topological polar surface area (TPSA) is 61.2 Å². The first-order valence-electron chi connectivity index (χ1n) is 8.35. The summed E-state index contributed by atoms with van der Waals surface area (Å²) in [5.41, 5.74) is 2.87. The van der Waals surface area contributed by atoms with E-state index in [1.54, 1.807) is 0 Å². The lowest BCUT2D eigenvalue weighted by molar-refractivity contribution is -0.144. The minimum Gasteiger partial charge on any atom is -0.464 e. The smallest absolute Gasteiger partial charge is 0.326 e. The number of hydrogen-bond acceptors (Lipinski definition) is 5. The molecule has 6 heteroatoms. The predicted octanol–water partition coefficient (Wildman–Crippen LogP) is 3.64. The van der Waals surface area contributed by atoms with E-state index in [2.05, 4.69) is 24.0 Å². The first-order valence-corrected chi connectivity index (χ1v) is 9.23. The Labute approximate surface area is 149 Å². The predicted molar refractivity (Wildman–Crippen MR) is 99.9 cm³/mol. The second-order valence-electron chi connectivity index (χ2n) is 5.78. The van der Waals surface area contributed by atoms with Gasteiger partial charge in [0.1, 0.15) is 11.4 Å². The van der Waals surface area contributed by atoms with Crippen LogP contribution in [-0.2, 0) is 22.5 Å². The van der Waals surface area contributed by atoms with Crippen molar-refractivity contribution in [2.45, 2.75) is 33.2 Å². The lowest BCUT2D eigenvalue weighted by Crippen LogP contribution is -2.25. The van der Waals surface area contributed by atoms with Crippen LogP contribution < -0.4 is 5.56 Å². The van der Waals surface area contributed by atoms with Gasteiger partial charge in [-0.05, 0) is 24.0 Å². The number of benzene rings is 1. The molecule has 1 aromatic carbocycles. The molecule has 0 fully saturated rings. The molecule has 130 valence electrons. The van der Waals surface area contributed by atoms with Crippen molar-refractivity contribution in [3.05, 3.63) is 51.9 Å². The molecule has 5 nitrogen and oxygen atoms in total. The van der Waals surface area contributed by atoms with Gasteiger partial charge in [-0.25, -0.2) is 4.98 Å². The first-order chi connectivity index (χ1) is 12.1. The van der Waals surface area contributed by atoms with Crippen LogP contribution in [0.2, 0.25) is 0 Å². The maximum absolute atomic E-state index is 12.8. The minimum atomic E-state index is -0.422. The van der Waals surface area contributed by atoms with Gasteiger partial charge >= 0.3 is 5.97 Å². The average Bonchev–Trinajstić information content (AvgIpc) is 3.07. The largest absolute Gasteiger partial charge is 0.464 e. The molecule has 2 aromatic heterocycles. The van der Waals surface area contributed by atoms with Crippen LogP contribution in [0, 0.1) is 0 Å². The lowest BCUT2D eigenvalue weighted by Gasteiger charge is -2.07. The van der Waals surface area contributed by atoms with E-state index in [4.69, 9.17) is 4.74 Å². The Morgan fingerprint density at radius 1 is 1.24 bits per heavy atom. The van der Waals surface area contributed by atoms with Gasteiger partial charge in [0.15, 0.2) is 0 Å². The Bertz CT molecular complexity index is 941. The molecule has 0 unspecified atom stereocenters. The van der Waals surface area contributed by atoms with Crippen molar-refractivity contribution in [1.82, 2.24) is 9.55 Å². The number of nitrogens with zero attached hydrogens (tertiary/aromatic N) is 2. The van der Waals surface area contributed by atoms with Crippen LogP contribution in [0.1, 0.15) is 25.8 Å². The molecule has 0 aliphatic heterocycles. The van der Waals surface area contributed by atoms with E-state index in [0.29, 0.717) is 16.8 Å². The van der Waals surface area contributed by atoms with Crippen LogP contribution in [0.3, 0.4) is 0 Å². The van der Waals surface area contributed by atoms with Crippen LogP contribution in [0.5, 0.6) is 0 Å². The fourth-order valence-electron chi connectivity index (χ4n) is 2.61. The Balaban J connectivity index is 1.99. The summed E-state index contributed by atoms with van der Waals surface area (Å²) in [6, 6.07) is 8.17. The fourth-order valence-corrected chi connectivity index (χ4v) is 3.52. The van der Waals surface area contributed by atoms with Gasteiger partial charge in [0, 0.05) is 10.9 Å². The van der Waals surface area contributed by atoms with E-state index in [1.807, 2.05) is 24.4 Å². The van der Waals surface area contributed by atoms with Crippen molar-refractivity contribution in [3.63, 3.8) is 0 Å². The molecular weight excluding hydrogens is 336 g/mol. The van der Waals surface area contributed by atoms with Gasteiger partial charge in [0.2, 0.25) is 0 Å². The Hall–Kier alpha value is -2.47. The van der Waals surface area contributed by atoms with Crippen molar-refractivity contribution in [2.24, 2.45) is 0 Å².